The fraction of sp³-hybridized carbons (Fsp3) is 0.600. The fourth-order valence-corrected chi connectivity index (χ4v) is 5.76. The number of rotatable bonds is 8. The molecule has 8 nitrogen and oxygen atoms in total. The molecule has 4 rings (SSSR count). The van der Waals surface area contributed by atoms with E-state index in [1.807, 2.05) is 17.9 Å². The largest absolute Gasteiger partial charge is 0.389 e. The molecule has 0 radical (unpaired) electrons. The summed E-state index contributed by atoms with van der Waals surface area (Å²) in [7, 11) is 0. The van der Waals surface area contributed by atoms with Crippen molar-refractivity contribution < 1.29 is 14.7 Å². The van der Waals surface area contributed by atoms with Crippen LogP contribution in [0.3, 0.4) is 0 Å². The van der Waals surface area contributed by atoms with Crippen LogP contribution in [-0.2, 0) is 0 Å². The predicted octanol–water partition coefficient (Wildman–Crippen LogP) is 3.99. The van der Waals surface area contributed by atoms with E-state index in [1.54, 1.807) is 20.0 Å². The summed E-state index contributed by atoms with van der Waals surface area (Å²) in [5, 5.41) is 16.3. The summed E-state index contributed by atoms with van der Waals surface area (Å²) in [6.07, 6.45) is 6.88. The first-order valence-electron chi connectivity index (χ1n) is 12.1. The van der Waals surface area contributed by atoms with Crippen molar-refractivity contribution in [1.82, 2.24) is 20.2 Å². The topological polar surface area (TPSA) is 107 Å². The van der Waals surface area contributed by atoms with Crippen molar-refractivity contribution in [3.05, 3.63) is 28.5 Å². The Balaban J connectivity index is 1.69. The number of amides is 2. The van der Waals surface area contributed by atoms with Gasteiger partial charge >= 0.3 is 0 Å². The maximum Gasteiger partial charge on any atom is 0.280 e. The Morgan fingerprint density at radius 3 is 2.47 bits per heavy atom. The Kier molecular flexibility index (Phi) is 6.96. The van der Waals surface area contributed by atoms with Crippen molar-refractivity contribution in [2.75, 3.05) is 11.9 Å². The Bertz CT molecular complexity index is 1060. The number of aliphatic hydroxyl groups is 1. The molecular weight excluding hydrogens is 450 g/mol. The molecule has 0 aliphatic carbocycles. The molecular formula is C25H35N5O3S. The van der Waals surface area contributed by atoms with E-state index in [9.17, 15) is 14.7 Å². The zero-order chi connectivity index (χ0) is 24.6. The average molecular weight is 486 g/mol. The van der Waals surface area contributed by atoms with Crippen LogP contribution in [0.15, 0.2) is 12.3 Å². The van der Waals surface area contributed by atoms with Gasteiger partial charge in [-0.2, -0.15) is 0 Å². The molecule has 3 N–H and O–H groups in total. The molecule has 2 amide bonds. The van der Waals surface area contributed by atoms with E-state index < -0.39 is 11.5 Å². The zero-order valence-corrected chi connectivity index (χ0v) is 21.5. The number of thiazole rings is 1. The summed E-state index contributed by atoms with van der Waals surface area (Å²) in [4.78, 5) is 38.3. The van der Waals surface area contributed by atoms with Gasteiger partial charge in [0.1, 0.15) is 11.5 Å². The lowest BCUT2D eigenvalue weighted by Gasteiger charge is -2.21. The first kappa shape index (κ1) is 24.6. The van der Waals surface area contributed by atoms with Gasteiger partial charge in [0, 0.05) is 36.4 Å². The SMILES string of the molecule is CC[C@@H](C)Nc1cc(C)c(-c2sc(C(=O)NCC(C)(C)O)nc2C(=O)N2C3CCC2CC3)cn1. The molecule has 4 heterocycles. The van der Waals surface area contributed by atoms with E-state index in [-0.39, 0.29) is 29.5 Å². The van der Waals surface area contributed by atoms with Crippen LogP contribution in [0.4, 0.5) is 5.82 Å². The molecule has 0 aromatic carbocycles. The van der Waals surface area contributed by atoms with Crippen molar-refractivity contribution in [1.29, 1.82) is 0 Å². The number of anilines is 1. The minimum atomic E-state index is -1.04. The van der Waals surface area contributed by atoms with E-state index in [4.69, 9.17) is 0 Å². The second-order valence-electron chi connectivity index (χ2n) is 10.2. The van der Waals surface area contributed by atoms with Crippen LogP contribution in [0.1, 0.15) is 85.7 Å². The summed E-state index contributed by atoms with van der Waals surface area (Å²) < 4.78 is 0. The number of nitrogens with zero attached hydrogens (tertiary/aromatic N) is 3. The molecule has 9 heteroatoms. The van der Waals surface area contributed by atoms with Gasteiger partial charge in [-0.15, -0.1) is 11.3 Å². The van der Waals surface area contributed by atoms with Crippen molar-refractivity contribution in [2.24, 2.45) is 0 Å². The van der Waals surface area contributed by atoms with Crippen molar-refractivity contribution in [3.63, 3.8) is 0 Å². The van der Waals surface area contributed by atoms with Gasteiger partial charge < -0.3 is 20.6 Å². The fourth-order valence-electron chi connectivity index (χ4n) is 4.71. The third kappa shape index (κ3) is 5.10. The van der Waals surface area contributed by atoms with Crippen LogP contribution < -0.4 is 10.6 Å². The molecule has 184 valence electrons. The normalized spacial score (nSPS) is 20.5. The van der Waals surface area contributed by atoms with Gasteiger partial charge in [-0.05, 0) is 71.4 Å². The van der Waals surface area contributed by atoms with E-state index in [1.165, 1.54) is 11.3 Å². The number of carbonyl (C=O) groups is 2. The lowest BCUT2D eigenvalue weighted by molar-refractivity contribution is 0.0692. The average Bonchev–Trinajstić information content (AvgIpc) is 3.51. The Labute approximate surface area is 205 Å². The lowest BCUT2D eigenvalue weighted by atomic mass is 10.0. The van der Waals surface area contributed by atoms with Gasteiger partial charge in [0.25, 0.3) is 11.8 Å². The number of aryl methyl sites for hydroxylation is 1. The molecule has 2 saturated heterocycles. The molecule has 0 spiro atoms. The summed E-state index contributed by atoms with van der Waals surface area (Å²) in [5.41, 5.74) is 1.06. The van der Waals surface area contributed by atoms with Crippen molar-refractivity contribution >= 4 is 29.0 Å². The minimum absolute atomic E-state index is 0.0941. The Hall–Kier alpha value is -2.52. The smallest absolute Gasteiger partial charge is 0.280 e. The van der Waals surface area contributed by atoms with Crippen LogP contribution in [0.2, 0.25) is 0 Å². The molecule has 2 aromatic rings. The summed E-state index contributed by atoms with van der Waals surface area (Å²) >= 11 is 1.21. The van der Waals surface area contributed by atoms with Crippen LogP contribution in [0.5, 0.6) is 0 Å². The second kappa shape index (κ2) is 9.62. The highest BCUT2D eigenvalue weighted by Crippen LogP contribution is 2.41. The maximum absolute atomic E-state index is 13.7. The van der Waals surface area contributed by atoms with Crippen LogP contribution >= 0.6 is 11.3 Å². The number of aromatic nitrogens is 2. The molecule has 0 saturated carbocycles. The van der Waals surface area contributed by atoms with Gasteiger partial charge in [-0.25, -0.2) is 9.97 Å². The van der Waals surface area contributed by atoms with E-state index in [0.29, 0.717) is 16.6 Å². The van der Waals surface area contributed by atoms with Gasteiger partial charge in [0.15, 0.2) is 5.01 Å². The Morgan fingerprint density at radius 1 is 1.26 bits per heavy atom. The van der Waals surface area contributed by atoms with E-state index in [0.717, 1.165) is 49.0 Å². The number of hydrogen-bond acceptors (Lipinski definition) is 7. The number of pyridine rings is 1. The van der Waals surface area contributed by atoms with Gasteiger partial charge in [-0.3, -0.25) is 9.59 Å². The number of fused-ring (bicyclic) bond motifs is 2. The minimum Gasteiger partial charge on any atom is -0.389 e. The van der Waals surface area contributed by atoms with Gasteiger partial charge in [0.2, 0.25) is 0 Å². The first-order chi connectivity index (χ1) is 16.1. The second-order valence-corrected chi connectivity index (χ2v) is 11.2. The quantitative estimate of drug-likeness (QED) is 0.522. The Morgan fingerprint density at radius 2 is 1.91 bits per heavy atom. The standard InChI is InChI=1S/C25H35N5O3S/c1-6-15(3)28-19-11-14(2)18(12-26-19)21-20(24(32)30-16-7-8-17(30)10-9-16)29-23(34-21)22(31)27-13-25(4,5)33/h11-12,15-17,33H,6-10,13H2,1-5H3,(H,26,28)(H,27,31)/t15-,16?,17?/m1/s1. The zero-order valence-electron chi connectivity index (χ0n) is 20.6. The van der Waals surface area contributed by atoms with Gasteiger partial charge in [0.05, 0.1) is 10.5 Å². The molecule has 2 aliphatic heterocycles. The van der Waals surface area contributed by atoms with Crippen molar-refractivity contribution in [3.8, 4) is 10.4 Å². The molecule has 2 aromatic heterocycles. The van der Waals surface area contributed by atoms with Crippen LogP contribution in [0.25, 0.3) is 10.4 Å². The summed E-state index contributed by atoms with van der Waals surface area (Å²) in [5.74, 6) is 0.296. The third-order valence-corrected chi connectivity index (χ3v) is 7.84. The first-order valence-corrected chi connectivity index (χ1v) is 13.0. The number of carbonyl (C=O) groups excluding carboxylic acids is 2. The monoisotopic (exact) mass is 485 g/mol. The lowest BCUT2D eigenvalue weighted by Crippen LogP contribution is -2.38. The highest BCUT2D eigenvalue weighted by Gasteiger charge is 2.44. The third-order valence-electron chi connectivity index (χ3n) is 6.76. The van der Waals surface area contributed by atoms with Crippen LogP contribution in [0, 0.1) is 6.92 Å². The molecule has 0 unspecified atom stereocenters. The summed E-state index contributed by atoms with van der Waals surface area (Å²) in [6, 6.07) is 2.81. The summed E-state index contributed by atoms with van der Waals surface area (Å²) in [6.45, 7) is 9.56. The van der Waals surface area contributed by atoms with Gasteiger partial charge in [-0.1, -0.05) is 6.92 Å². The van der Waals surface area contributed by atoms with E-state index >= 15 is 0 Å². The van der Waals surface area contributed by atoms with Crippen LogP contribution in [-0.4, -0.2) is 62.1 Å². The maximum atomic E-state index is 13.7. The predicted molar refractivity (Wildman–Crippen MR) is 134 cm³/mol. The molecule has 2 fully saturated rings. The highest BCUT2D eigenvalue weighted by molar-refractivity contribution is 7.17. The number of hydrogen-bond donors (Lipinski definition) is 3. The number of nitrogens with one attached hydrogen (secondary N) is 2. The molecule has 34 heavy (non-hydrogen) atoms. The van der Waals surface area contributed by atoms with E-state index in [2.05, 4.69) is 34.4 Å². The highest BCUT2D eigenvalue weighted by atomic mass is 32.1. The molecule has 2 aliphatic rings. The van der Waals surface area contributed by atoms with Crippen molar-refractivity contribution in [2.45, 2.75) is 90.4 Å². The molecule has 1 atom stereocenters. The molecule has 2 bridgehead atoms.